The first kappa shape index (κ1) is 22.8. The molecule has 0 aromatic carbocycles. The van der Waals surface area contributed by atoms with Crippen LogP contribution in [0.15, 0.2) is 0 Å². The van der Waals surface area contributed by atoms with Crippen molar-refractivity contribution in [1.82, 2.24) is 20.0 Å². The first-order valence-electron chi connectivity index (χ1n) is 10.8. The first-order valence-corrected chi connectivity index (χ1v) is 10.8. The third-order valence-corrected chi connectivity index (χ3v) is 6.10. The summed E-state index contributed by atoms with van der Waals surface area (Å²) in [6.07, 6.45) is 5.71. The second-order valence-electron chi connectivity index (χ2n) is 8.71. The SMILES string of the molecule is CCCCCN(C(=O)NCCN(C)C)C(=O)C1CC2CC(=O)CC[C@H]2N(C)C1. The molecule has 3 atom stereocenters. The van der Waals surface area contributed by atoms with Gasteiger partial charge in [0.2, 0.25) is 5.91 Å². The van der Waals surface area contributed by atoms with E-state index in [1.165, 1.54) is 4.90 Å². The van der Waals surface area contributed by atoms with Crippen LogP contribution in [0.2, 0.25) is 0 Å². The molecule has 3 amide bonds. The lowest BCUT2D eigenvalue weighted by Crippen LogP contribution is -2.55. The second-order valence-corrected chi connectivity index (χ2v) is 8.71. The summed E-state index contributed by atoms with van der Waals surface area (Å²) in [5.41, 5.74) is 0. The minimum atomic E-state index is -0.285. The predicted octanol–water partition coefficient (Wildman–Crippen LogP) is 1.97. The van der Waals surface area contributed by atoms with Gasteiger partial charge in [-0.2, -0.15) is 0 Å². The molecule has 2 aliphatic rings. The van der Waals surface area contributed by atoms with E-state index in [2.05, 4.69) is 17.1 Å². The van der Waals surface area contributed by atoms with Crippen molar-refractivity contribution in [2.45, 2.75) is 57.9 Å². The van der Waals surface area contributed by atoms with Crippen LogP contribution in [-0.2, 0) is 9.59 Å². The molecule has 28 heavy (non-hydrogen) atoms. The number of ketones is 1. The summed E-state index contributed by atoms with van der Waals surface area (Å²) in [5.74, 6) is 0.257. The van der Waals surface area contributed by atoms with Gasteiger partial charge in [0.05, 0.1) is 5.92 Å². The Labute approximate surface area is 169 Å². The lowest BCUT2D eigenvalue weighted by Gasteiger charge is -2.45. The molecule has 1 heterocycles. The molecule has 160 valence electrons. The quantitative estimate of drug-likeness (QED) is 0.637. The Morgan fingerprint density at radius 2 is 1.96 bits per heavy atom. The summed E-state index contributed by atoms with van der Waals surface area (Å²) >= 11 is 0. The zero-order valence-corrected chi connectivity index (χ0v) is 18.1. The average molecular weight is 395 g/mol. The molecule has 7 nitrogen and oxygen atoms in total. The van der Waals surface area contributed by atoms with Gasteiger partial charge in [0, 0.05) is 45.1 Å². The Bertz CT molecular complexity index is 552. The molecule has 7 heteroatoms. The molecule has 0 aromatic rings. The van der Waals surface area contributed by atoms with Gasteiger partial charge in [-0.25, -0.2) is 4.79 Å². The van der Waals surface area contributed by atoms with Gasteiger partial charge in [0.25, 0.3) is 0 Å². The van der Waals surface area contributed by atoms with E-state index in [0.29, 0.717) is 44.3 Å². The number of likely N-dealkylation sites (N-methyl/N-ethyl adjacent to an activating group) is 1. The van der Waals surface area contributed by atoms with Gasteiger partial charge in [-0.3, -0.25) is 14.5 Å². The zero-order valence-electron chi connectivity index (χ0n) is 18.1. The largest absolute Gasteiger partial charge is 0.336 e. The third-order valence-electron chi connectivity index (χ3n) is 6.10. The van der Waals surface area contributed by atoms with Gasteiger partial charge < -0.3 is 15.1 Å². The fourth-order valence-corrected chi connectivity index (χ4v) is 4.53. The fraction of sp³-hybridized carbons (Fsp3) is 0.857. The van der Waals surface area contributed by atoms with Gasteiger partial charge >= 0.3 is 6.03 Å². The van der Waals surface area contributed by atoms with Crippen LogP contribution in [0.25, 0.3) is 0 Å². The number of rotatable bonds is 8. The molecule has 1 aliphatic heterocycles. The highest BCUT2D eigenvalue weighted by Crippen LogP contribution is 2.36. The van der Waals surface area contributed by atoms with E-state index in [-0.39, 0.29) is 23.8 Å². The number of Topliss-reactive ketones (excluding diaryl/α,β-unsaturated/α-hetero) is 1. The Kier molecular flexibility index (Phi) is 8.89. The number of urea groups is 1. The summed E-state index contributed by atoms with van der Waals surface area (Å²) < 4.78 is 0. The maximum absolute atomic E-state index is 13.3. The molecule has 0 spiro atoms. The van der Waals surface area contributed by atoms with Crippen molar-refractivity contribution in [2.75, 3.05) is 47.3 Å². The van der Waals surface area contributed by atoms with Crippen LogP contribution in [0.3, 0.4) is 0 Å². The second kappa shape index (κ2) is 10.9. The predicted molar refractivity (Wildman–Crippen MR) is 110 cm³/mol. The number of imide groups is 1. The fourth-order valence-electron chi connectivity index (χ4n) is 4.53. The highest BCUT2D eigenvalue weighted by molar-refractivity contribution is 5.95. The van der Waals surface area contributed by atoms with Crippen molar-refractivity contribution in [2.24, 2.45) is 11.8 Å². The topological polar surface area (TPSA) is 73.0 Å². The molecular formula is C21H38N4O3. The minimum Gasteiger partial charge on any atom is -0.336 e. The lowest BCUT2D eigenvalue weighted by molar-refractivity contribution is -0.138. The molecule has 1 saturated carbocycles. The average Bonchev–Trinajstić information content (AvgIpc) is 2.64. The van der Waals surface area contributed by atoms with E-state index in [1.54, 1.807) is 0 Å². The molecule has 0 bridgehead atoms. The van der Waals surface area contributed by atoms with Gasteiger partial charge in [0.15, 0.2) is 0 Å². The molecule has 0 aromatic heterocycles. The monoisotopic (exact) mass is 394 g/mol. The standard InChI is InChI=1S/C21H38N4O3/c1-5-6-7-11-25(21(28)22-10-12-23(2)3)20(27)17-13-16-14-18(26)8-9-19(16)24(4)15-17/h16-17,19H,5-15H2,1-4H3,(H,22,28)/t16?,17?,19-/m1/s1. The van der Waals surface area contributed by atoms with Crippen LogP contribution >= 0.6 is 0 Å². The number of hydrogen-bond donors (Lipinski definition) is 1. The molecule has 1 N–H and O–H groups in total. The molecule has 2 fully saturated rings. The number of unbranched alkanes of at least 4 members (excludes halogenated alkanes) is 2. The van der Waals surface area contributed by atoms with Crippen LogP contribution in [-0.4, -0.2) is 85.8 Å². The number of nitrogens with one attached hydrogen (secondary N) is 1. The summed E-state index contributed by atoms with van der Waals surface area (Å²) in [6, 6.07) is 0.108. The zero-order chi connectivity index (χ0) is 20.7. The minimum absolute atomic E-state index is 0.0817. The van der Waals surface area contributed by atoms with Crippen molar-refractivity contribution in [3.8, 4) is 0 Å². The van der Waals surface area contributed by atoms with Crippen LogP contribution in [0.5, 0.6) is 0 Å². The number of fused-ring (bicyclic) bond motifs is 1. The van der Waals surface area contributed by atoms with Gasteiger partial charge in [-0.05, 0) is 46.3 Å². The Morgan fingerprint density at radius 3 is 2.64 bits per heavy atom. The normalized spacial score (nSPS) is 25.5. The lowest BCUT2D eigenvalue weighted by atomic mass is 9.74. The van der Waals surface area contributed by atoms with Crippen LogP contribution in [0.1, 0.15) is 51.9 Å². The smallest absolute Gasteiger partial charge is 0.324 e. The van der Waals surface area contributed by atoms with Crippen molar-refractivity contribution in [3.05, 3.63) is 0 Å². The molecular weight excluding hydrogens is 356 g/mol. The maximum Gasteiger partial charge on any atom is 0.324 e. The van der Waals surface area contributed by atoms with Crippen LogP contribution < -0.4 is 5.32 Å². The Hall–Kier alpha value is -1.47. The molecule has 2 unspecified atom stereocenters. The highest BCUT2D eigenvalue weighted by Gasteiger charge is 2.42. The van der Waals surface area contributed by atoms with Crippen molar-refractivity contribution >= 4 is 17.7 Å². The van der Waals surface area contributed by atoms with E-state index in [4.69, 9.17) is 0 Å². The van der Waals surface area contributed by atoms with E-state index < -0.39 is 0 Å². The Morgan fingerprint density at radius 1 is 1.21 bits per heavy atom. The van der Waals surface area contributed by atoms with E-state index >= 15 is 0 Å². The highest BCUT2D eigenvalue weighted by atomic mass is 16.2. The number of amides is 3. The van der Waals surface area contributed by atoms with Crippen molar-refractivity contribution in [1.29, 1.82) is 0 Å². The van der Waals surface area contributed by atoms with Gasteiger partial charge in [-0.15, -0.1) is 0 Å². The number of piperidine rings is 1. The molecule has 2 rings (SSSR count). The van der Waals surface area contributed by atoms with Crippen molar-refractivity contribution < 1.29 is 14.4 Å². The van der Waals surface area contributed by atoms with E-state index in [0.717, 1.165) is 38.6 Å². The van der Waals surface area contributed by atoms with Crippen molar-refractivity contribution in [3.63, 3.8) is 0 Å². The van der Waals surface area contributed by atoms with Crippen LogP contribution in [0.4, 0.5) is 4.79 Å². The summed E-state index contributed by atoms with van der Waals surface area (Å²) in [5, 5.41) is 2.89. The van der Waals surface area contributed by atoms with Gasteiger partial charge in [-0.1, -0.05) is 19.8 Å². The van der Waals surface area contributed by atoms with E-state index in [1.807, 2.05) is 26.0 Å². The Balaban J connectivity index is 2.02. The number of carbonyl (C=O) groups excluding carboxylic acids is 3. The summed E-state index contributed by atoms with van der Waals surface area (Å²) in [6.45, 7) is 4.50. The maximum atomic E-state index is 13.3. The molecule has 1 saturated heterocycles. The van der Waals surface area contributed by atoms with Crippen LogP contribution in [0, 0.1) is 11.8 Å². The number of nitrogens with zero attached hydrogens (tertiary/aromatic N) is 3. The number of carbonyl (C=O) groups is 3. The van der Waals surface area contributed by atoms with Gasteiger partial charge in [0.1, 0.15) is 5.78 Å². The summed E-state index contributed by atoms with van der Waals surface area (Å²) in [4.78, 5) is 43.6. The van der Waals surface area contributed by atoms with E-state index in [9.17, 15) is 14.4 Å². The molecule has 0 radical (unpaired) electrons. The third kappa shape index (κ3) is 6.27. The summed E-state index contributed by atoms with van der Waals surface area (Å²) in [7, 11) is 5.96. The number of hydrogen-bond acceptors (Lipinski definition) is 5. The number of likely N-dealkylation sites (tertiary alicyclic amines) is 1. The molecule has 1 aliphatic carbocycles. The first-order chi connectivity index (χ1) is 13.3.